The van der Waals surface area contributed by atoms with Gasteiger partial charge < -0.3 is 10.1 Å². The first kappa shape index (κ1) is 19.1. The highest BCUT2D eigenvalue weighted by molar-refractivity contribution is 7.99. The van der Waals surface area contributed by atoms with Gasteiger partial charge >= 0.3 is 6.09 Å². The highest BCUT2D eigenvalue weighted by atomic mass is 35.5. The van der Waals surface area contributed by atoms with Gasteiger partial charge in [0, 0.05) is 33.5 Å². The maximum absolute atomic E-state index is 12.2. The predicted octanol–water partition coefficient (Wildman–Crippen LogP) is 4.43. The van der Waals surface area contributed by atoms with E-state index in [0.29, 0.717) is 22.8 Å². The van der Waals surface area contributed by atoms with Crippen molar-refractivity contribution in [2.75, 3.05) is 24.2 Å². The van der Waals surface area contributed by atoms with Crippen molar-refractivity contribution >= 4 is 41.1 Å². The number of nitrogens with one attached hydrogen (secondary N) is 2. The van der Waals surface area contributed by atoms with Crippen molar-refractivity contribution in [2.45, 2.75) is 11.8 Å². The number of carbonyl (C=O) groups is 2. The fraction of sp³-hybridized carbons (Fsp3) is 0.222. The van der Waals surface area contributed by atoms with Crippen LogP contribution in [-0.4, -0.2) is 30.9 Å². The summed E-state index contributed by atoms with van der Waals surface area (Å²) < 4.78 is 4.81. The number of halogens is 1. The van der Waals surface area contributed by atoms with E-state index in [2.05, 4.69) is 10.6 Å². The quantitative estimate of drug-likeness (QED) is 0.552. The minimum atomic E-state index is -0.542. The van der Waals surface area contributed by atoms with E-state index >= 15 is 0 Å². The lowest BCUT2D eigenvalue weighted by atomic mass is 10.2. The number of rotatable bonds is 7. The van der Waals surface area contributed by atoms with Crippen LogP contribution in [0.15, 0.2) is 53.4 Å². The lowest BCUT2D eigenvalue weighted by Gasteiger charge is -2.08. The van der Waals surface area contributed by atoms with Crippen molar-refractivity contribution in [3.05, 3.63) is 59.1 Å². The Labute approximate surface area is 156 Å². The summed E-state index contributed by atoms with van der Waals surface area (Å²) in [5.41, 5.74) is 0.993. The zero-order valence-electron chi connectivity index (χ0n) is 13.8. The van der Waals surface area contributed by atoms with Crippen molar-refractivity contribution in [2.24, 2.45) is 0 Å². The first-order chi connectivity index (χ1) is 12.1. The third-order valence-corrected chi connectivity index (χ3v) is 4.38. The van der Waals surface area contributed by atoms with Gasteiger partial charge in [0.05, 0.1) is 6.61 Å². The van der Waals surface area contributed by atoms with Crippen LogP contribution in [0.3, 0.4) is 0 Å². The lowest BCUT2D eigenvalue weighted by Crippen LogP contribution is -2.25. The van der Waals surface area contributed by atoms with Gasteiger partial charge in [0.2, 0.25) is 0 Å². The molecule has 2 N–H and O–H groups in total. The Balaban J connectivity index is 1.80. The zero-order chi connectivity index (χ0) is 18.1. The Morgan fingerprint density at radius 2 is 1.92 bits per heavy atom. The third kappa shape index (κ3) is 6.68. The molecule has 2 aromatic rings. The van der Waals surface area contributed by atoms with Crippen LogP contribution in [0.1, 0.15) is 17.3 Å². The third-order valence-electron chi connectivity index (χ3n) is 3.12. The average Bonchev–Trinajstić information content (AvgIpc) is 2.60. The van der Waals surface area contributed by atoms with E-state index in [9.17, 15) is 9.59 Å². The molecule has 0 heterocycles. The molecule has 0 saturated carbocycles. The minimum absolute atomic E-state index is 0.191. The second-order valence-corrected chi connectivity index (χ2v) is 6.59. The van der Waals surface area contributed by atoms with Gasteiger partial charge in [-0.2, -0.15) is 0 Å². The molecule has 0 spiro atoms. The largest absolute Gasteiger partial charge is 0.450 e. The number of benzene rings is 2. The van der Waals surface area contributed by atoms with Gasteiger partial charge in [0.25, 0.3) is 5.91 Å². The SMILES string of the molecule is CCOC(=O)Nc1cccc(C(=O)NCCSc2ccc(Cl)cc2)c1. The molecule has 5 nitrogen and oxygen atoms in total. The number of hydrogen-bond donors (Lipinski definition) is 2. The molecule has 0 saturated heterocycles. The summed E-state index contributed by atoms with van der Waals surface area (Å²) >= 11 is 7.48. The predicted molar refractivity (Wildman–Crippen MR) is 102 cm³/mol. The Morgan fingerprint density at radius 3 is 2.64 bits per heavy atom. The highest BCUT2D eigenvalue weighted by Crippen LogP contribution is 2.19. The smallest absolute Gasteiger partial charge is 0.411 e. The lowest BCUT2D eigenvalue weighted by molar-refractivity contribution is 0.0956. The van der Waals surface area contributed by atoms with Crippen molar-refractivity contribution in [3.63, 3.8) is 0 Å². The van der Waals surface area contributed by atoms with Gasteiger partial charge in [-0.1, -0.05) is 17.7 Å². The molecule has 0 aliphatic heterocycles. The molecule has 0 fully saturated rings. The summed E-state index contributed by atoms with van der Waals surface area (Å²) in [6.07, 6.45) is -0.542. The topological polar surface area (TPSA) is 67.4 Å². The van der Waals surface area contributed by atoms with Gasteiger partial charge in [-0.15, -0.1) is 11.8 Å². The van der Waals surface area contributed by atoms with Crippen LogP contribution in [0.2, 0.25) is 5.02 Å². The van der Waals surface area contributed by atoms with Crippen LogP contribution in [0.5, 0.6) is 0 Å². The fourth-order valence-corrected chi connectivity index (χ4v) is 2.88. The number of amides is 2. The Hall–Kier alpha value is -2.18. The molecule has 0 bridgehead atoms. The molecule has 2 amide bonds. The summed E-state index contributed by atoms with van der Waals surface area (Å²) in [5, 5.41) is 6.13. The van der Waals surface area contributed by atoms with E-state index in [1.54, 1.807) is 43.0 Å². The van der Waals surface area contributed by atoms with Gasteiger partial charge in [-0.3, -0.25) is 10.1 Å². The first-order valence-electron chi connectivity index (χ1n) is 7.79. The summed E-state index contributed by atoms with van der Waals surface area (Å²) in [5.74, 6) is 0.554. The van der Waals surface area contributed by atoms with E-state index in [-0.39, 0.29) is 12.5 Å². The summed E-state index contributed by atoms with van der Waals surface area (Å²) in [7, 11) is 0. The molecule has 2 aromatic carbocycles. The van der Waals surface area contributed by atoms with Crippen LogP contribution in [-0.2, 0) is 4.74 Å². The minimum Gasteiger partial charge on any atom is -0.450 e. The maximum atomic E-state index is 12.2. The molecule has 7 heteroatoms. The number of thioether (sulfide) groups is 1. The normalized spacial score (nSPS) is 10.2. The zero-order valence-corrected chi connectivity index (χ0v) is 15.3. The van der Waals surface area contributed by atoms with Crippen LogP contribution < -0.4 is 10.6 Å². The van der Waals surface area contributed by atoms with E-state index in [0.717, 1.165) is 10.6 Å². The van der Waals surface area contributed by atoms with E-state index in [4.69, 9.17) is 16.3 Å². The van der Waals surface area contributed by atoms with Crippen molar-refractivity contribution < 1.29 is 14.3 Å². The molecule has 0 aliphatic rings. The van der Waals surface area contributed by atoms with E-state index in [1.165, 1.54) is 0 Å². The Morgan fingerprint density at radius 1 is 1.16 bits per heavy atom. The summed E-state index contributed by atoms with van der Waals surface area (Å²) in [6.45, 7) is 2.55. The Kier molecular flexibility index (Phi) is 7.63. The number of hydrogen-bond acceptors (Lipinski definition) is 4. The molecular formula is C18H19ClN2O3S. The summed E-state index contributed by atoms with van der Waals surface area (Å²) in [6, 6.07) is 14.3. The molecule has 2 rings (SSSR count). The van der Waals surface area contributed by atoms with Gasteiger partial charge in [0.15, 0.2) is 0 Å². The molecule has 0 unspecified atom stereocenters. The van der Waals surface area contributed by atoms with Crippen molar-refractivity contribution in [1.29, 1.82) is 0 Å². The van der Waals surface area contributed by atoms with Crippen LogP contribution >= 0.6 is 23.4 Å². The monoisotopic (exact) mass is 378 g/mol. The molecule has 0 aromatic heterocycles. The number of carbonyl (C=O) groups excluding carboxylic acids is 2. The summed E-state index contributed by atoms with van der Waals surface area (Å²) in [4.78, 5) is 24.7. The van der Waals surface area contributed by atoms with Gasteiger partial charge in [0.1, 0.15) is 0 Å². The molecule has 25 heavy (non-hydrogen) atoms. The average molecular weight is 379 g/mol. The molecule has 132 valence electrons. The second kappa shape index (κ2) is 9.96. The van der Waals surface area contributed by atoms with Crippen molar-refractivity contribution in [1.82, 2.24) is 5.32 Å². The van der Waals surface area contributed by atoms with E-state index < -0.39 is 6.09 Å². The highest BCUT2D eigenvalue weighted by Gasteiger charge is 2.08. The number of anilines is 1. The van der Waals surface area contributed by atoms with Crippen LogP contribution in [0.25, 0.3) is 0 Å². The first-order valence-corrected chi connectivity index (χ1v) is 9.15. The maximum Gasteiger partial charge on any atom is 0.411 e. The van der Waals surface area contributed by atoms with Crippen molar-refractivity contribution in [3.8, 4) is 0 Å². The molecule has 0 aliphatic carbocycles. The van der Waals surface area contributed by atoms with Gasteiger partial charge in [-0.25, -0.2) is 4.79 Å². The molecular weight excluding hydrogens is 360 g/mol. The van der Waals surface area contributed by atoms with Crippen LogP contribution in [0, 0.1) is 0 Å². The standard InChI is InChI=1S/C18H19ClN2O3S/c1-2-24-18(23)21-15-5-3-4-13(12-15)17(22)20-10-11-25-16-8-6-14(19)7-9-16/h3-9,12H,2,10-11H2,1H3,(H,20,22)(H,21,23). The Bertz CT molecular complexity index is 723. The van der Waals surface area contributed by atoms with Crippen LogP contribution in [0.4, 0.5) is 10.5 Å². The number of ether oxygens (including phenoxy) is 1. The molecule has 0 radical (unpaired) electrons. The molecule has 0 atom stereocenters. The second-order valence-electron chi connectivity index (χ2n) is 4.98. The van der Waals surface area contributed by atoms with Gasteiger partial charge in [-0.05, 0) is 49.4 Å². The van der Waals surface area contributed by atoms with E-state index in [1.807, 2.05) is 24.3 Å². The fourth-order valence-electron chi connectivity index (χ4n) is 1.99.